The van der Waals surface area contributed by atoms with Crippen LogP contribution >= 0.6 is 0 Å². The van der Waals surface area contributed by atoms with Crippen molar-refractivity contribution in [3.8, 4) is 0 Å². The Hall–Kier alpha value is -1.74. The fourth-order valence-electron chi connectivity index (χ4n) is 3.13. The number of benzene rings is 3. The average Bonchev–Trinajstić information content (AvgIpc) is 2.93. The van der Waals surface area contributed by atoms with Gasteiger partial charge in [-0.2, -0.15) is 0 Å². The maximum atomic E-state index is 2.33. The number of fused-ring (bicyclic) bond motifs is 3. The van der Waals surface area contributed by atoms with Crippen LogP contribution in [-0.2, 0) is 0 Å². The molecule has 0 spiro atoms. The predicted molar refractivity (Wildman–Crippen MR) is 95.0 cm³/mol. The molecule has 1 heteroatoms. The van der Waals surface area contributed by atoms with E-state index in [1.54, 1.807) is 0 Å². The fraction of sp³-hybridized carbons (Fsp3) is 0.100. The summed E-state index contributed by atoms with van der Waals surface area (Å²) in [4.78, 5) is 0. The van der Waals surface area contributed by atoms with Crippen LogP contribution in [0.15, 0.2) is 72.3 Å². The Morgan fingerprint density at radius 1 is 0.762 bits per heavy atom. The molecule has 4 rings (SSSR count). The van der Waals surface area contributed by atoms with Gasteiger partial charge in [0.15, 0.2) is 0 Å². The van der Waals surface area contributed by atoms with Gasteiger partial charge in [-0.05, 0) is 46.0 Å². The summed E-state index contributed by atoms with van der Waals surface area (Å²) >= 11 is 0. The van der Waals surface area contributed by atoms with E-state index in [0.717, 1.165) is 6.42 Å². The van der Waals surface area contributed by atoms with Gasteiger partial charge in [0.05, 0.1) is 0 Å². The van der Waals surface area contributed by atoms with Crippen molar-refractivity contribution in [2.45, 2.75) is 13.3 Å². The van der Waals surface area contributed by atoms with Gasteiger partial charge in [-0.25, -0.2) is 0 Å². The van der Waals surface area contributed by atoms with Crippen molar-refractivity contribution >= 4 is 46.0 Å². The molecule has 1 aliphatic rings. The van der Waals surface area contributed by atoms with E-state index in [2.05, 4.69) is 73.7 Å². The van der Waals surface area contributed by atoms with Crippen LogP contribution in [0.25, 0.3) is 27.1 Å². The summed E-state index contributed by atoms with van der Waals surface area (Å²) in [6, 6.07) is 19.7. The van der Waals surface area contributed by atoms with E-state index in [4.69, 9.17) is 0 Å². The summed E-state index contributed by atoms with van der Waals surface area (Å²) in [5, 5.41) is 5.35. The van der Waals surface area contributed by atoms with Gasteiger partial charge in [0.2, 0.25) is 0 Å². The zero-order valence-electron chi connectivity index (χ0n) is 11.6. The molecule has 0 bridgehead atoms. The first-order valence-electron chi connectivity index (χ1n) is 7.11. The maximum absolute atomic E-state index is 2.33. The van der Waals surface area contributed by atoms with Crippen molar-refractivity contribution in [2.24, 2.45) is 0 Å². The van der Waals surface area contributed by atoms with Gasteiger partial charge < -0.3 is 0 Å². The molecule has 0 saturated heterocycles. The average molecular weight is 264 g/mol. The van der Waals surface area contributed by atoms with Gasteiger partial charge in [0.1, 0.15) is 0 Å². The minimum atomic E-state index is 0. The minimum absolute atomic E-state index is 0. The second kappa shape index (κ2) is 5.57. The monoisotopic (exact) mass is 264 g/mol. The number of hydrogen-bond acceptors (Lipinski definition) is 0. The molecule has 98 valence electrons. The predicted octanol–water partition coefficient (Wildman–Crippen LogP) is 5.08. The quantitative estimate of drug-likeness (QED) is 0.425. The first-order chi connectivity index (χ1) is 9.83. The molecule has 0 heterocycles. The first kappa shape index (κ1) is 14.2. The van der Waals surface area contributed by atoms with Gasteiger partial charge in [-0.15, -0.1) is 0 Å². The van der Waals surface area contributed by atoms with Gasteiger partial charge in [-0.3, -0.25) is 0 Å². The van der Waals surface area contributed by atoms with Crippen LogP contribution in [0.3, 0.4) is 0 Å². The second-order valence-electron chi connectivity index (χ2n) is 5.54. The number of rotatable bonds is 1. The molecular formula is C20H17Li. The molecular weight excluding hydrogens is 247 g/mol. The first-order valence-corrected chi connectivity index (χ1v) is 7.11. The Kier molecular flexibility index (Phi) is 3.76. The van der Waals surface area contributed by atoms with Crippen molar-refractivity contribution in [1.82, 2.24) is 0 Å². The summed E-state index contributed by atoms with van der Waals surface area (Å²) < 4.78 is 0. The molecule has 3 aromatic rings. The van der Waals surface area contributed by atoms with E-state index >= 15 is 0 Å². The molecule has 0 radical (unpaired) electrons. The summed E-state index contributed by atoms with van der Waals surface area (Å²) in [7, 11) is 0. The molecule has 1 aliphatic carbocycles. The van der Waals surface area contributed by atoms with Crippen molar-refractivity contribution in [3.63, 3.8) is 0 Å². The van der Waals surface area contributed by atoms with Crippen LogP contribution in [0.5, 0.6) is 0 Å². The van der Waals surface area contributed by atoms with E-state index in [0.29, 0.717) is 0 Å². The zero-order chi connectivity index (χ0) is 13.5. The third kappa shape index (κ3) is 2.36. The molecule has 0 aliphatic heterocycles. The number of allylic oxidation sites excluding steroid dienone is 4. The summed E-state index contributed by atoms with van der Waals surface area (Å²) in [5.41, 5.74) is 4.16. The third-order valence-electron chi connectivity index (χ3n) is 4.14. The van der Waals surface area contributed by atoms with Crippen molar-refractivity contribution in [3.05, 3.63) is 77.9 Å². The third-order valence-corrected chi connectivity index (χ3v) is 4.14. The van der Waals surface area contributed by atoms with Crippen molar-refractivity contribution in [1.29, 1.82) is 0 Å². The van der Waals surface area contributed by atoms with E-state index in [1.807, 2.05) is 0 Å². The Balaban J connectivity index is 0.00000132. The van der Waals surface area contributed by atoms with Gasteiger partial charge >= 0.3 is 18.9 Å². The van der Waals surface area contributed by atoms with Crippen molar-refractivity contribution in [2.75, 3.05) is 0 Å². The molecule has 0 saturated carbocycles. The number of hydrogen-bond donors (Lipinski definition) is 0. The molecule has 0 aromatic heterocycles. The van der Waals surface area contributed by atoms with E-state index in [1.165, 1.54) is 38.3 Å². The Bertz CT molecular complexity index is 885. The molecule has 21 heavy (non-hydrogen) atoms. The molecule has 0 nitrogen and oxygen atoms in total. The molecule has 0 unspecified atom stereocenters. The van der Waals surface area contributed by atoms with E-state index in [-0.39, 0.29) is 18.9 Å². The molecule has 0 atom stereocenters. The van der Waals surface area contributed by atoms with E-state index in [9.17, 15) is 0 Å². The Morgan fingerprint density at radius 2 is 1.57 bits per heavy atom. The summed E-state index contributed by atoms with van der Waals surface area (Å²) in [5.74, 6) is 0. The normalized spacial score (nSPS) is 14.0. The van der Waals surface area contributed by atoms with Crippen LogP contribution in [-0.4, -0.2) is 18.9 Å². The summed E-state index contributed by atoms with van der Waals surface area (Å²) in [6.45, 7) is 2.20. The molecule has 0 fully saturated rings. The molecule has 0 amide bonds. The standard InChI is InChI=1S/C20H16.Li.H/c1-14-9-10-16(13-14)18-7-4-8-19-17-6-3-2-5-15(17)11-12-20(18)19;;/h2-8,10-13H,9H2,1H3;;. The van der Waals surface area contributed by atoms with Gasteiger partial charge in [0, 0.05) is 0 Å². The SMILES string of the molecule is CC1=CC(c2cccc3c2ccc2ccccc23)=CC1.[LiH]. The molecule has 0 N–H and O–H groups in total. The summed E-state index contributed by atoms with van der Waals surface area (Å²) in [6.07, 6.45) is 5.72. The van der Waals surface area contributed by atoms with Crippen LogP contribution in [0.4, 0.5) is 0 Å². The topological polar surface area (TPSA) is 0 Å². The Labute approximate surface area is 137 Å². The second-order valence-corrected chi connectivity index (χ2v) is 5.54. The van der Waals surface area contributed by atoms with Crippen LogP contribution in [0.1, 0.15) is 18.9 Å². The van der Waals surface area contributed by atoms with E-state index < -0.39 is 0 Å². The fourth-order valence-corrected chi connectivity index (χ4v) is 3.13. The van der Waals surface area contributed by atoms with Crippen LogP contribution in [0.2, 0.25) is 0 Å². The molecule has 3 aromatic carbocycles. The van der Waals surface area contributed by atoms with Gasteiger partial charge in [0.25, 0.3) is 0 Å². The van der Waals surface area contributed by atoms with Crippen molar-refractivity contribution < 1.29 is 0 Å². The van der Waals surface area contributed by atoms with Crippen LogP contribution in [0, 0.1) is 0 Å². The zero-order valence-corrected chi connectivity index (χ0v) is 11.6. The Morgan fingerprint density at radius 3 is 2.38 bits per heavy atom. The van der Waals surface area contributed by atoms with Gasteiger partial charge in [-0.1, -0.05) is 72.3 Å². The van der Waals surface area contributed by atoms with Crippen LogP contribution < -0.4 is 0 Å².